The van der Waals surface area contributed by atoms with Crippen molar-refractivity contribution in [1.82, 2.24) is 0 Å². The summed E-state index contributed by atoms with van der Waals surface area (Å²) in [6.45, 7) is 41.2. The monoisotopic (exact) mass is 513 g/mol. The van der Waals surface area contributed by atoms with Crippen LogP contribution >= 0.6 is 0 Å². The molecule has 37 heavy (non-hydrogen) atoms. The Hall–Kier alpha value is 0. The summed E-state index contributed by atoms with van der Waals surface area (Å²) < 4.78 is 0. The van der Waals surface area contributed by atoms with E-state index >= 15 is 0 Å². The summed E-state index contributed by atoms with van der Waals surface area (Å²) in [4.78, 5) is 0. The van der Waals surface area contributed by atoms with Crippen molar-refractivity contribution in [2.24, 2.45) is 91.7 Å². The lowest BCUT2D eigenvalue weighted by Crippen LogP contribution is -2.46. The van der Waals surface area contributed by atoms with Gasteiger partial charge in [0.1, 0.15) is 0 Å². The normalized spacial score (nSPS) is 41.9. The third-order valence-corrected chi connectivity index (χ3v) is 14.3. The van der Waals surface area contributed by atoms with Crippen molar-refractivity contribution in [3.05, 3.63) is 0 Å². The first kappa shape index (κ1) is 30.0. The molecule has 0 saturated heterocycles. The van der Waals surface area contributed by atoms with Crippen molar-refractivity contribution < 1.29 is 0 Å². The first-order valence-electron chi connectivity index (χ1n) is 16.5. The Balaban J connectivity index is 1.42. The number of hydrogen-bond donors (Lipinski definition) is 0. The topological polar surface area (TPSA) is 0 Å². The average Bonchev–Trinajstić information content (AvgIpc) is 3.55. The molecule has 0 N–H and O–H groups in total. The molecule has 4 fully saturated rings. The molecular weight excluding hydrogens is 444 g/mol. The van der Waals surface area contributed by atoms with E-state index in [0.717, 1.165) is 59.2 Å². The van der Waals surface area contributed by atoms with Crippen LogP contribution < -0.4 is 0 Å². The van der Waals surface area contributed by atoms with Gasteiger partial charge in [0.15, 0.2) is 0 Å². The number of hydrogen-bond acceptors (Lipinski definition) is 0. The van der Waals surface area contributed by atoms with Gasteiger partial charge in [-0.05, 0) is 117 Å². The van der Waals surface area contributed by atoms with E-state index in [1.807, 2.05) is 0 Å². The lowest BCUT2D eigenvalue weighted by Gasteiger charge is -2.54. The zero-order valence-electron chi connectivity index (χ0n) is 28.3. The zero-order chi connectivity index (χ0) is 28.3. The second-order valence-corrected chi connectivity index (χ2v) is 19.5. The molecule has 4 saturated carbocycles. The highest BCUT2D eigenvalue weighted by atomic mass is 14.7. The highest BCUT2D eigenvalue weighted by molar-refractivity contribution is 5.18. The van der Waals surface area contributed by atoms with Crippen molar-refractivity contribution in [1.29, 1.82) is 0 Å². The molecule has 9 unspecified atom stereocenters. The van der Waals surface area contributed by atoms with E-state index in [-0.39, 0.29) is 0 Å². The second kappa shape index (κ2) is 8.75. The van der Waals surface area contributed by atoms with Crippen molar-refractivity contribution in [2.75, 3.05) is 0 Å². The van der Waals surface area contributed by atoms with Gasteiger partial charge in [-0.15, -0.1) is 0 Å². The second-order valence-electron chi connectivity index (χ2n) is 19.5. The fourth-order valence-electron chi connectivity index (χ4n) is 12.4. The summed E-state index contributed by atoms with van der Waals surface area (Å²) in [5, 5.41) is 0. The molecule has 9 atom stereocenters. The van der Waals surface area contributed by atoms with Crippen molar-refractivity contribution in [2.45, 2.75) is 143 Å². The van der Waals surface area contributed by atoms with Gasteiger partial charge in [-0.3, -0.25) is 0 Å². The molecule has 0 aromatic rings. The van der Waals surface area contributed by atoms with Crippen LogP contribution in [-0.2, 0) is 0 Å². The fourth-order valence-corrected chi connectivity index (χ4v) is 12.4. The Morgan fingerprint density at radius 1 is 0.622 bits per heavy atom. The molecule has 0 nitrogen and oxygen atoms in total. The van der Waals surface area contributed by atoms with Crippen LogP contribution in [0.15, 0.2) is 0 Å². The lowest BCUT2D eigenvalue weighted by atomic mass is 9.51. The molecule has 0 bridgehead atoms. The van der Waals surface area contributed by atoms with Crippen LogP contribution in [0.5, 0.6) is 0 Å². The molecule has 4 rings (SSSR count). The Morgan fingerprint density at radius 2 is 1.03 bits per heavy atom. The summed E-state index contributed by atoms with van der Waals surface area (Å²) in [6, 6.07) is 0. The summed E-state index contributed by atoms with van der Waals surface area (Å²) in [5.74, 6) is 9.05. The van der Waals surface area contributed by atoms with Crippen LogP contribution in [0.2, 0.25) is 0 Å². The van der Waals surface area contributed by atoms with E-state index < -0.39 is 0 Å². The van der Waals surface area contributed by atoms with Gasteiger partial charge in [-0.1, -0.05) is 117 Å². The molecule has 216 valence electrons. The van der Waals surface area contributed by atoms with Crippen LogP contribution in [0.25, 0.3) is 0 Å². The minimum atomic E-state index is 0.437. The van der Waals surface area contributed by atoms with E-state index in [0.29, 0.717) is 32.5 Å². The summed E-state index contributed by atoms with van der Waals surface area (Å²) in [5.41, 5.74) is 2.95. The largest absolute Gasteiger partial charge is 0.0651 e. The predicted molar refractivity (Wildman–Crippen MR) is 163 cm³/mol. The Morgan fingerprint density at radius 3 is 1.38 bits per heavy atom. The molecule has 0 aromatic carbocycles. The standard InChI is InChI=1S/C37H68/c1-17-24-26(35(24,11)12)19-33(7,8)31-28(37(31,15)16)21-34(9,10)30-27(36(30,13)14)20-32(5,6)25-18-23(4)29(25)22(2)3/h22-31H,17-21H2,1-16H3. The molecule has 4 aliphatic rings. The molecule has 0 amide bonds. The summed E-state index contributed by atoms with van der Waals surface area (Å²) in [7, 11) is 0. The average molecular weight is 513 g/mol. The van der Waals surface area contributed by atoms with E-state index in [4.69, 9.17) is 0 Å². The van der Waals surface area contributed by atoms with E-state index in [9.17, 15) is 0 Å². The third kappa shape index (κ3) is 4.81. The van der Waals surface area contributed by atoms with E-state index in [2.05, 4.69) is 111 Å². The van der Waals surface area contributed by atoms with Gasteiger partial charge < -0.3 is 0 Å². The van der Waals surface area contributed by atoms with Gasteiger partial charge in [0.2, 0.25) is 0 Å². The maximum atomic E-state index is 2.66. The molecule has 0 radical (unpaired) electrons. The SMILES string of the molecule is CCC1C(CC(C)(C)C2C(CC(C)(C)C3C(CC(C)(C)C4CC(C)C4C(C)C)C3(C)C)C2(C)C)C1(C)C. The van der Waals surface area contributed by atoms with Gasteiger partial charge in [0, 0.05) is 0 Å². The molecule has 0 aromatic heterocycles. The summed E-state index contributed by atoms with van der Waals surface area (Å²) in [6.07, 6.45) is 7.13. The van der Waals surface area contributed by atoms with Gasteiger partial charge in [0.05, 0.1) is 0 Å². The zero-order valence-corrected chi connectivity index (χ0v) is 28.3. The quantitative estimate of drug-likeness (QED) is 0.258. The summed E-state index contributed by atoms with van der Waals surface area (Å²) >= 11 is 0. The smallest absolute Gasteiger partial charge is 0.0275 e. The molecule has 0 heterocycles. The van der Waals surface area contributed by atoms with Crippen LogP contribution in [-0.4, -0.2) is 0 Å². The maximum absolute atomic E-state index is 2.66. The van der Waals surface area contributed by atoms with Crippen LogP contribution in [0.4, 0.5) is 0 Å². The first-order chi connectivity index (χ1) is 16.5. The van der Waals surface area contributed by atoms with Gasteiger partial charge in [0.25, 0.3) is 0 Å². The predicted octanol–water partition coefficient (Wildman–Crippen LogP) is 11.4. The van der Waals surface area contributed by atoms with Crippen LogP contribution in [0.3, 0.4) is 0 Å². The van der Waals surface area contributed by atoms with Gasteiger partial charge in [-0.25, -0.2) is 0 Å². The highest BCUT2D eigenvalue weighted by Crippen LogP contribution is 2.76. The van der Waals surface area contributed by atoms with Gasteiger partial charge in [-0.2, -0.15) is 0 Å². The highest BCUT2D eigenvalue weighted by Gasteiger charge is 2.70. The minimum absolute atomic E-state index is 0.437. The minimum Gasteiger partial charge on any atom is -0.0651 e. The van der Waals surface area contributed by atoms with Crippen molar-refractivity contribution in [3.63, 3.8) is 0 Å². The molecule has 4 aliphatic carbocycles. The Kier molecular flexibility index (Phi) is 7.09. The Bertz CT molecular complexity index is 843. The third-order valence-electron chi connectivity index (χ3n) is 14.3. The molecule has 0 spiro atoms. The maximum Gasteiger partial charge on any atom is -0.0275 e. The van der Waals surface area contributed by atoms with Crippen LogP contribution in [0, 0.1) is 91.7 Å². The van der Waals surface area contributed by atoms with Crippen LogP contribution in [0.1, 0.15) is 143 Å². The molecule has 0 heteroatoms. The lowest BCUT2D eigenvalue weighted by molar-refractivity contribution is -0.0476. The first-order valence-corrected chi connectivity index (χ1v) is 16.5. The molecular formula is C37H68. The van der Waals surface area contributed by atoms with Crippen molar-refractivity contribution >= 4 is 0 Å². The fraction of sp³-hybridized carbons (Fsp3) is 1.00. The van der Waals surface area contributed by atoms with Gasteiger partial charge >= 0.3 is 0 Å². The van der Waals surface area contributed by atoms with E-state index in [1.165, 1.54) is 32.1 Å². The Labute approximate surface area is 234 Å². The molecule has 0 aliphatic heterocycles. The number of rotatable bonds is 11. The van der Waals surface area contributed by atoms with E-state index in [1.54, 1.807) is 0 Å². The van der Waals surface area contributed by atoms with Crippen molar-refractivity contribution in [3.8, 4) is 0 Å².